The summed E-state index contributed by atoms with van der Waals surface area (Å²) in [5.74, 6) is 1.79. The number of nitrogens with zero attached hydrogens (tertiary/aromatic N) is 1. The van der Waals surface area contributed by atoms with E-state index in [1.165, 1.54) is 51.7 Å². The van der Waals surface area contributed by atoms with E-state index in [-0.39, 0.29) is 0 Å². The van der Waals surface area contributed by atoms with Crippen LogP contribution in [0.5, 0.6) is 0 Å². The van der Waals surface area contributed by atoms with Crippen LogP contribution in [0.3, 0.4) is 0 Å². The van der Waals surface area contributed by atoms with E-state index < -0.39 is 0 Å². The molecule has 2 rings (SSSR count). The first-order valence-corrected chi connectivity index (χ1v) is 7.64. The smallest absolute Gasteiger partial charge is 0.0192 e. The van der Waals surface area contributed by atoms with Crippen molar-refractivity contribution in [3.63, 3.8) is 0 Å². The lowest BCUT2D eigenvalue weighted by molar-refractivity contribution is 0.197. The molecule has 1 saturated carbocycles. The first-order valence-electron chi connectivity index (χ1n) is 7.64. The fourth-order valence-electron chi connectivity index (χ4n) is 3.45. The highest BCUT2D eigenvalue weighted by Gasteiger charge is 2.26. The summed E-state index contributed by atoms with van der Waals surface area (Å²) in [7, 11) is 0. The summed E-state index contributed by atoms with van der Waals surface area (Å²) in [4.78, 5) is 2.64. The van der Waals surface area contributed by atoms with Crippen molar-refractivity contribution < 1.29 is 0 Å². The van der Waals surface area contributed by atoms with Gasteiger partial charge in [0.25, 0.3) is 0 Å². The molecule has 100 valence electrons. The second-order valence-corrected chi connectivity index (χ2v) is 6.50. The predicted octanol–water partition coefficient (Wildman–Crippen LogP) is 2.89. The molecule has 4 atom stereocenters. The molecular formula is C15H30N2. The van der Waals surface area contributed by atoms with Crippen molar-refractivity contribution in [2.45, 2.75) is 65.0 Å². The largest absolute Gasteiger partial charge is 0.312 e. The topological polar surface area (TPSA) is 15.3 Å². The lowest BCUT2D eigenvalue weighted by Gasteiger charge is -2.35. The molecule has 4 unspecified atom stereocenters. The molecule has 0 spiro atoms. The third-order valence-corrected chi connectivity index (χ3v) is 4.90. The number of hydrogen-bond acceptors (Lipinski definition) is 2. The Morgan fingerprint density at radius 2 is 1.88 bits per heavy atom. The minimum Gasteiger partial charge on any atom is -0.312 e. The Morgan fingerprint density at radius 3 is 2.59 bits per heavy atom. The van der Waals surface area contributed by atoms with Crippen molar-refractivity contribution in [1.82, 2.24) is 10.2 Å². The Labute approximate surface area is 107 Å². The first kappa shape index (κ1) is 13.4. The lowest BCUT2D eigenvalue weighted by atomic mass is 9.80. The molecule has 1 saturated heterocycles. The molecule has 0 aromatic rings. The van der Waals surface area contributed by atoms with Gasteiger partial charge in [0.05, 0.1) is 0 Å². The van der Waals surface area contributed by atoms with E-state index in [0.717, 1.165) is 23.9 Å². The van der Waals surface area contributed by atoms with Gasteiger partial charge >= 0.3 is 0 Å². The van der Waals surface area contributed by atoms with Gasteiger partial charge in [-0.3, -0.25) is 4.90 Å². The highest BCUT2D eigenvalue weighted by Crippen LogP contribution is 2.28. The quantitative estimate of drug-likeness (QED) is 0.810. The van der Waals surface area contributed by atoms with Gasteiger partial charge in [0.2, 0.25) is 0 Å². The first-order chi connectivity index (χ1) is 8.16. The molecule has 0 aromatic heterocycles. The van der Waals surface area contributed by atoms with E-state index in [9.17, 15) is 0 Å². The zero-order valence-electron chi connectivity index (χ0n) is 11.9. The normalized spacial score (nSPS) is 37.2. The Hall–Kier alpha value is -0.0800. The van der Waals surface area contributed by atoms with Gasteiger partial charge in [0.1, 0.15) is 0 Å². The average Bonchev–Trinajstić information content (AvgIpc) is 2.83. The van der Waals surface area contributed by atoms with Gasteiger partial charge in [-0.25, -0.2) is 0 Å². The highest BCUT2D eigenvalue weighted by atomic mass is 15.2. The fraction of sp³-hybridized carbons (Fsp3) is 1.00. The van der Waals surface area contributed by atoms with Crippen molar-refractivity contribution in [3.05, 3.63) is 0 Å². The Balaban J connectivity index is 1.72. The molecular weight excluding hydrogens is 208 g/mol. The summed E-state index contributed by atoms with van der Waals surface area (Å²) in [5, 5.41) is 3.84. The SMILES string of the molecule is CC1CCC(C)C(NCC(C)N2CCCC2)C1. The molecule has 2 fully saturated rings. The molecule has 17 heavy (non-hydrogen) atoms. The van der Waals surface area contributed by atoms with Crippen LogP contribution in [-0.4, -0.2) is 36.6 Å². The van der Waals surface area contributed by atoms with E-state index >= 15 is 0 Å². The maximum absolute atomic E-state index is 3.84. The summed E-state index contributed by atoms with van der Waals surface area (Å²) in [6.45, 7) is 11.0. The van der Waals surface area contributed by atoms with Crippen molar-refractivity contribution in [2.75, 3.05) is 19.6 Å². The Kier molecular flexibility index (Phi) is 4.87. The minimum absolute atomic E-state index is 0.724. The molecule has 1 aliphatic carbocycles. The van der Waals surface area contributed by atoms with Gasteiger partial charge < -0.3 is 5.32 Å². The van der Waals surface area contributed by atoms with Crippen LogP contribution in [0.2, 0.25) is 0 Å². The van der Waals surface area contributed by atoms with Crippen LogP contribution in [-0.2, 0) is 0 Å². The third-order valence-electron chi connectivity index (χ3n) is 4.90. The van der Waals surface area contributed by atoms with E-state index in [1.807, 2.05) is 0 Å². The minimum atomic E-state index is 0.724. The summed E-state index contributed by atoms with van der Waals surface area (Å²) in [6, 6.07) is 1.49. The van der Waals surface area contributed by atoms with Crippen LogP contribution in [0.25, 0.3) is 0 Å². The summed E-state index contributed by atoms with van der Waals surface area (Å²) < 4.78 is 0. The van der Waals surface area contributed by atoms with Gasteiger partial charge in [-0.15, -0.1) is 0 Å². The molecule has 2 aliphatic rings. The van der Waals surface area contributed by atoms with Gasteiger partial charge in [0.15, 0.2) is 0 Å². The lowest BCUT2D eigenvalue weighted by Crippen LogP contribution is -2.46. The monoisotopic (exact) mass is 238 g/mol. The molecule has 0 bridgehead atoms. The van der Waals surface area contributed by atoms with Crippen LogP contribution < -0.4 is 5.32 Å². The molecule has 0 aromatic carbocycles. The third kappa shape index (κ3) is 3.69. The zero-order chi connectivity index (χ0) is 12.3. The second kappa shape index (κ2) is 6.19. The standard InChI is InChI=1S/C15H30N2/c1-12-6-7-13(2)15(10-12)16-11-14(3)17-8-4-5-9-17/h12-16H,4-11H2,1-3H3. The summed E-state index contributed by atoms with van der Waals surface area (Å²) >= 11 is 0. The van der Waals surface area contributed by atoms with Crippen molar-refractivity contribution in [3.8, 4) is 0 Å². The zero-order valence-corrected chi connectivity index (χ0v) is 11.9. The highest BCUT2D eigenvalue weighted by molar-refractivity contribution is 4.83. The van der Waals surface area contributed by atoms with Crippen molar-refractivity contribution in [2.24, 2.45) is 11.8 Å². The van der Waals surface area contributed by atoms with Crippen LogP contribution >= 0.6 is 0 Å². The maximum atomic E-state index is 3.84. The molecule has 0 amide bonds. The molecule has 1 N–H and O–H groups in total. The van der Waals surface area contributed by atoms with Crippen LogP contribution in [0, 0.1) is 11.8 Å². The summed E-state index contributed by atoms with van der Waals surface area (Å²) in [5.41, 5.74) is 0. The van der Waals surface area contributed by atoms with Gasteiger partial charge in [0, 0.05) is 18.6 Å². The summed E-state index contributed by atoms with van der Waals surface area (Å²) in [6.07, 6.45) is 7.04. The number of nitrogens with one attached hydrogen (secondary N) is 1. The fourth-order valence-corrected chi connectivity index (χ4v) is 3.45. The van der Waals surface area contributed by atoms with Gasteiger partial charge in [-0.1, -0.05) is 20.3 Å². The van der Waals surface area contributed by atoms with Crippen LogP contribution in [0.4, 0.5) is 0 Å². The average molecular weight is 238 g/mol. The molecule has 2 heteroatoms. The van der Waals surface area contributed by atoms with Crippen molar-refractivity contribution >= 4 is 0 Å². The maximum Gasteiger partial charge on any atom is 0.0192 e. The van der Waals surface area contributed by atoms with Crippen LogP contribution in [0.15, 0.2) is 0 Å². The predicted molar refractivity (Wildman–Crippen MR) is 74.2 cm³/mol. The number of rotatable bonds is 4. The number of hydrogen-bond donors (Lipinski definition) is 1. The van der Waals surface area contributed by atoms with E-state index in [4.69, 9.17) is 0 Å². The van der Waals surface area contributed by atoms with Gasteiger partial charge in [-0.05, 0) is 57.5 Å². The van der Waals surface area contributed by atoms with Crippen LogP contribution in [0.1, 0.15) is 52.9 Å². The van der Waals surface area contributed by atoms with E-state index in [0.29, 0.717) is 0 Å². The van der Waals surface area contributed by atoms with E-state index in [1.54, 1.807) is 0 Å². The molecule has 0 radical (unpaired) electrons. The van der Waals surface area contributed by atoms with Crippen molar-refractivity contribution in [1.29, 1.82) is 0 Å². The molecule has 1 aliphatic heterocycles. The Morgan fingerprint density at radius 1 is 1.18 bits per heavy atom. The Bertz CT molecular complexity index is 223. The molecule has 1 heterocycles. The second-order valence-electron chi connectivity index (χ2n) is 6.50. The molecule has 2 nitrogen and oxygen atoms in total. The van der Waals surface area contributed by atoms with Gasteiger partial charge in [-0.2, -0.15) is 0 Å². The number of likely N-dealkylation sites (tertiary alicyclic amines) is 1. The van der Waals surface area contributed by atoms with E-state index in [2.05, 4.69) is 31.0 Å².